The van der Waals surface area contributed by atoms with E-state index in [0.717, 1.165) is 6.20 Å². The Labute approximate surface area is 78.2 Å². The quantitative estimate of drug-likeness (QED) is 0.589. The zero-order valence-electron chi connectivity index (χ0n) is 6.97. The largest absolute Gasteiger partial charge is 0.481 e. The van der Waals surface area contributed by atoms with Crippen LogP contribution >= 0.6 is 0 Å². The van der Waals surface area contributed by atoms with E-state index in [4.69, 9.17) is 15.9 Å². The third kappa shape index (κ3) is 2.16. The van der Waals surface area contributed by atoms with Gasteiger partial charge >= 0.3 is 11.9 Å². The van der Waals surface area contributed by atoms with Crippen LogP contribution in [0.1, 0.15) is 16.2 Å². The average Bonchev–Trinajstić information content (AvgIpc) is 2.01. The Morgan fingerprint density at radius 3 is 2.50 bits per heavy atom. The van der Waals surface area contributed by atoms with Gasteiger partial charge in [0.1, 0.15) is 23.6 Å². The van der Waals surface area contributed by atoms with Crippen LogP contribution in [-0.2, 0) is 11.2 Å². The summed E-state index contributed by atoms with van der Waals surface area (Å²) in [6, 6.07) is 0. The van der Waals surface area contributed by atoms with Crippen LogP contribution in [0.25, 0.3) is 0 Å². The molecule has 0 amide bonds. The summed E-state index contributed by atoms with van der Waals surface area (Å²) >= 11 is 0. The number of aromatic carboxylic acids is 1. The number of anilines is 1. The SMILES string of the molecule is Nc1nc(CC(=O)O)ncc1C(=O)O. The van der Waals surface area contributed by atoms with Gasteiger partial charge in [0.15, 0.2) is 0 Å². The first-order valence-electron chi connectivity index (χ1n) is 3.57. The van der Waals surface area contributed by atoms with Crippen molar-refractivity contribution in [3.05, 3.63) is 17.6 Å². The second-order valence-corrected chi connectivity index (χ2v) is 2.46. The topological polar surface area (TPSA) is 126 Å². The van der Waals surface area contributed by atoms with Crippen molar-refractivity contribution in [2.45, 2.75) is 6.42 Å². The zero-order valence-corrected chi connectivity index (χ0v) is 6.97. The lowest BCUT2D eigenvalue weighted by molar-refractivity contribution is -0.136. The molecule has 0 aliphatic rings. The summed E-state index contributed by atoms with van der Waals surface area (Å²) in [6.45, 7) is 0. The minimum absolute atomic E-state index is 0.0139. The second kappa shape index (κ2) is 3.69. The minimum Gasteiger partial charge on any atom is -0.481 e. The predicted molar refractivity (Wildman–Crippen MR) is 44.7 cm³/mol. The fourth-order valence-corrected chi connectivity index (χ4v) is 0.819. The molecule has 4 N–H and O–H groups in total. The normalized spacial score (nSPS) is 9.71. The van der Waals surface area contributed by atoms with Crippen molar-refractivity contribution in [2.24, 2.45) is 0 Å². The molecular formula is C7H7N3O4. The molecule has 0 bridgehead atoms. The molecule has 74 valence electrons. The number of rotatable bonds is 3. The number of nitrogens with two attached hydrogens (primary N) is 1. The first-order chi connectivity index (χ1) is 6.50. The highest BCUT2D eigenvalue weighted by molar-refractivity contribution is 5.92. The van der Waals surface area contributed by atoms with Gasteiger partial charge in [0, 0.05) is 6.20 Å². The van der Waals surface area contributed by atoms with E-state index in [1.165, 1.54) is 0 Å². The minimum atomic E-state index is -1.25. The van der Waals surface area contributed by atoms with Gasteiger partial charge in [0.05, 0.1) is 0 Å². The summed E-state index contributed by atoms with van der Waals surface area (Å²) in [4.78, 5) is 27.8. The number of carboxylic acid groups (broad SMARTS) is 2. The molecule has 7 nitrogen and oxygen atoms in total. The molecule has 0 saturated heterocycles. The standard InChI is InChI=1S/C7H7N3O4/c8-6-3(7(13)14)2-9-4(10-6)1-5(11)12/h2H,1H2,(H,11,12)(H,13,14)(H2,8,9,10). The van der Waals surface area contributed by atoms with Gasteiger partial charge in [-0.25, -0.2) is 14.8 Å². The number of aromatic nitrogens is 2. The van der Waals surface area contributed by atoms with Crippen molar-refractivity contribution in [3.8, 4) is 0 Å². The highest BCUT2D eigenvalue weighted by Crippen LogP contribution is 2.07. The number of carboxylic acids is 2. The molecule has 1 aromatic rings. The van der Waals surface area contributed by atoms with E-state index in [9.17, 15) is 9.59 Å². The van der Waals surface area contributed by atoms with Crippen molar-refractivity contribution in [2.75, 3.05) is 5.73 Å². The Balaban J connectivity index is 3.00. The van der Waals surface area contributed by atoms with Crippen molar-refractivity contribution >= 4 is 17.8 Å². The smallest absolute Gasteiger partial charge is 0.341 e. The molecule has 7 heteroatoms. The summed E-state index contributed by atoms with van der Waals surface area (Å²) in [7, 11) is 0. The fourth-order valence-electron chi connectivity index (χ4n) is 0.819. The molecular weight excluding hydrogens is 190 g/mol. The van der Waals surface area contributed by atoms with Gasteiger partial charge in [-0.15, -0.1) is 0 Å². The van der Waals surface area contributed by atoms with E-state index in [2.05, 4.69) is 9.97 Å². The molecule has 0 aliphatic carbocycles. The summed E-state index contributed by atoms with van der Waals surface area (Å²) < 4.78 is 0. The van der Waals surface area contributed by atoms with Gasteiger partial charge in [-0.05, 0) is 0 Å². The van der Waals surface area contributed by atoms with Crippen LogP contribution in [0.15, 0.2) is 6.20 Å². The number of hydrogen-bond acceptors (Lipinski definition) is 5. The lowest BCUT2D eigenvalue weighted by Gasteiger charge is -2.00. The van der Waals surface area contributed by atoms with Crippen LogP contribution in [-0.4, -0.2) is 32.1 Å². The van der Waals surface area contributed by atoms with Gasteiger partial charge in [0.25, 0.3) is 0 Å². The molecule has 0 aromatic carbocycles. The molecule has 1 aromatic heterocycles. The van der Waals surface area contributed by atoms with Crippen molar-refractivity contribution in [1.29, 1.82) is 0 Å². The van der Waals surface area contributed by atoms with E-state index >= 15 is 0 Å². The first kappa shape index (κ1) is 9.90. The highest BCUT2D eigenvalue weighted by Gasteiger charge is 2.11. The van der Waals surface area contributed by atoms with E-state index < -0.39 is 11.9 Å². The monoisotopic (exact) mass is 197 g/mol. The van der Waals surface area contributed by atoms with Gasteiger partial charge in [-0.1, -0.05) is 0 Å². The maximum atomic E-state index is 10.5. The van der Waals surface area contributed by atoms with E-state index in [1.807, 2.05) is 0 Å². The average molecular weight is 197 g/mol. The Morgan fingerprint density at radius 1 is 1.43 bits per heavy atom. The Bertz CT molecular complexity index is 391. The van der Waals surface area contributed by atoms with Crippen LogP contribution in [0.5, 0.6) is 0 Å². The molecule has 0 radical (unpaired) electrons. The molecule has 0 atom stereocenters. The Kier molecular flexibility index (Phi) is 2.61. The summed E-state index contributed by atoms with van der Waals surface area (Å²) in [5, 5.41) is 17.0. The highest BCUT2D eigenvalue weighted by atomic mass is 16.4. The zero-order chi connectivity index (χ0) is 10.7. The van der Waals surface area contributed by atoms with Crippen LogP contribution < -0.4 is 5.73 Å². The summed E-state index contributed by atoms with van der Waals surface area (Å²) in [5.74, 6) is -2.60. The van der Waals surface area contributed by atoms with Crippen LogP contribution in [0, 0.1) is 0 Å². The third-order valence-electron chi connectivity index (χ3n) is 1.41. The lowest BCUT2D eigenvalue weighted by atomic mass is 10.3. The number of nitrogen functional groups attached to an aromatic ring is 1. The van der Waals surface area contributed by atoms with Crippen LogP contribution in [0.4, 0.5) is 5.82 Å². The van der Waals surface area contributed by atoms with E-state index in [1.54, 1.807) is 0 Å². The van der Waals surface area contributed by atoms with Gasteiger partial charge in [0.2, 0.25) is 0 Å². The predicted octanol–water partition coefficient (Wildman–Crippen LogP) is -0.616. The second-order valence-electron chi connectivity index (χ2n) is 2.46. The molecule has 0 saturated carbocycles. The molecule has 1 rings (SSSR count). The molecule has 0 spiro atoms. The van der Waals surface area contributed by atoms with Crippen molar-refractivity contribution in [3.63, 3.8) is 0 Å². The van der Waals surface area contributed by atoms with Crippen LogP contribution in [0.2, 0.25) is 0 Å². The van der Waals surface area contributed by atoms with Gasteiger partial charge in [-0.3, -0.25) is 4.79 Å². The van der Waals surface area contributed by atoms with Crippen molar-refractivity contribution in [1.82, 2.24) is 9.97 Å². The van der Waals surface area contributed by atoms with Gasteiger partial charge < -0.3 is 15.9 Å². The van der Waals surface area contributed by atoms with E-state index in [-0.39, 0.29) is 23.6 Å². The Hall–Kier alpha value is -2.18. The molecule has 14 heavy (non-hydrogen) atoms. The van der Waals surface area contributed by atoms with Gasteiger partial charge in [-0.2, -0.15) is 0 Å². The summed E-state index contributed by atoms with van der Waals surface area (Å²) in [6.07, 6.45) is 0.604. The fraction of sp³-hybridized carbons (Fsp3) is 0.143. The Morgan fingerprint density at radius 2 is 2.07 bits per heavy atom. The maximum absolute atomic E-state index is 10.5. The number of aliphatic carboxylic acids is 1. The number of carbonyl (C=O) groups is 2. The van der Waals surface area contributed by atoms with Crippen LogP contribution in [0.3, 0.4) is 0 Å². The number of nitrogens with zero attached hydrogens (tertiary/aromatic N) is 2. The summed E-state index contributed by atoms with van der Waals surface area (Å²) in [5.41, 5.74) is 5.04. The lowest BCUT2D eigenvalue weighted by Crippen LogP contribution is -2.11. The molecule has 0 fully saturated rings. The molecule has 0 aliphatic heterocycles. The third-order valence-corrected chi connectivity index (χ3v) is 1.41. The maximum Gasteiger partial charge on any atom is 0.341 e. The molecule has 0 unspecified atom stereocenters. The first-order valence-corrected chi connectivity index (χ1v) is 3.57. The van der Waals surface area contributed by atoms with Crippen molar-refractivity contribution < 1.29 is 19.8 Å². The molecule has 1 heterocycles. The number of hydrogen-bond donors (Lipinski definition) is 3. The van der Waals surface area contributed by atoms with E-state index in [0.29, 0.717) is 0 Å².